The van der Waals surface area contributed by atoms with Crippen molar-refractivity contribution in [3.8, 4) is 0 Å². The Bertz CT molecular complexity index is 370. The predicted molar refractivity (Wildman–Crippen MR) is 49.5 cm³/mol. The van der Waals surface area contributed by atoms with Gasteiger partial charge in [0.25, 0.3) is 0 Å². The molecule has 12 heavy (non-hydrogen) atoms. The largest absolute Gasteiger partial charge is 0.399 e. The van der Waals surface area contributed by atoms with Crippen LogP contribution in [0.3, 0.4) is 0 Å². The number of nitrogen functional groups attached to an aromatic ring is 1. The molecular weight excluding hydrogens is 174 g/mol. The predicted octanol–water partition coefficient (Wildman–Crippen LogP) is 0.493. The van der Waals surface area contributed by atoms with E-state index in [1.165, 1.54) is 5.37 Å². The van der Waals surface area contributed by atoms with E-state index in [4.69, 9.17) is 5.73 Å². The standard InChI is InChI=1S/C8H9NO2S/c9-8-3-1-7(2-4-8)5-6-12(10)11/h1-4,6H,5,9H2. The smallest absolute Gasteiger partial charge is 0.210 e. The van der Waals surface area contributed by atoms with E-state index >= 15 is 0 Å². The fourth-order valence-corrected chi connectivity index (χ4v) is 1.15. The van der Waals surface area contributed by atoms with Gasteiger partial charge in [-0.3, -0.25) is 0 Å². The van der Waals surface area contributed by atoms with E-state index in [1.807, 2.05) is 0 Å². The normalized spacial score (nSPS) is 9.33. The molecule has 0 aliphatic heterocycles. The summed E-state index contributed by atoms with van der Waals surface area (Å²) in [6, 6.07) is 7.10. The highest BCUT2D eigenvalue weighted by Crippen LogP contribution is 2.04. The lowest BCUT2D eigenvalue weighted by Crippen LogP contribution is -1.88. The number of anilines is 1. The van der Waals surface area contributed by atoms with Gasteiger partial charge in [-0.25, -0.2) is 0 Å². The van der Waals surface area contributed by atoms with Gasteiger partial charge in [-0.05, 0) is 17.7 Å². The van der Waals surface area contributed by atoms with Gasteiger partial charge in [-0.15, -0.1) is 0 Å². The quantitative estimate of drug-likeness (QED) is 0.536. The van der Waals surface area contributed by atoms with Crippen LogP contribution < -0.4 is 5.73 Å². The summed E-state index contributed by atoms with van der Waals surface area (Å²) in [6.07, 6.45) is 0.427. The second-order valence-electron chi connectivity index (χ2n) is 2.37. The Morgan fingerprint density at radius 3 is 2.33 bits per heavy atom. The highest BCUT2D eigenvalue weighted by molar-refractivity contribution is 7.71. The number of hydrogen-bond acceptors (Lipinski definition) is 3. The number of rotatable bonds is 2. The van der Waals surface area contributed by atoms with Crippen molar-refractivity contribution in [3.05, 3.63) is 29.8 Å². The molecule has 1 rings (SSSR count). The summed E-state index contributed by atoms with van der Waals surface area (Å²) in [4.78, 5) is 0. The molecule has 1 aromatic carbocycles. The van der Waals surface area contributed by atoms with Crippen molar-refractivity contribution in [1.29, 1.82) is 0 Å². The van der Waals surface area contributed by atoms with Gasteiger partial charge in [0.05, 0.1) is 0 Å². The average Bonchev–Trinajstić information content (AvgIpc) is 2.03. The van der Waals surface area contributed by atoms with E-state index in [9.17, 15) is 8.42 Å². The van der Waals surface area contributed by atoms with Crippen molar-refractivity contribution >= 4 is 21.3 Å². The van der Waals surface area contributed by atoms with Crippen LogP contribution >= 0.6 is 0 Å². The maximum atomic E-state index is 10.2. The molecule has 0 heterocycles. The van der Waals surface area contributed by atoms with E-state index in [0.29, 0.717) is 12.1 Å². The SMILES string of the molecule is Nc1ccc(CC=S(=O)=O)cc1. The average molecular weight is 183 g/mol. The first-order chi connectivity index (χ1) is 5.68. The van der Waals surface area contributed by atoms with Gasteiger partial charge in [0.1, 0.15) is 0 Å². The second-order valence-corrected chi connectivity index (χ2v) is 3.23. The van der Waals surface area contributed by atoms with Crippen LogP contribution in [0.4, 0.5) is 5.69 Å². The zero-order valence-corrected chi connectivity index (χ0v) is 7.21. The molecule has 0 atom stereocenters. The van der Waals surface area contributed by atoms with Crippen LogP contribution in [0.5, 0.6) is 0 Å². The highest BCUT2D eigenvalue weighted by Gasteiger charge is 1.89. The number of nitrogens with two attached hydrogens (primary N) is 1. The first-order valence-electron chi connectivity index (χ1n) is 3.44. The van der Waals surface area contributed by atoms with Crippen LogP contribution in [0, 0.1) is 0 Å². The lowest BCUT2D eigenvalue weighted by atomic mass is 10.2. The molecule has 0 aliphatic carbocycles. The van der Waals surface area contributed by atoms with Crippen LogP contribution in [-0.2, 0) is 16.7 Å². The molecule has 0 fully saturated rings. The molecule has 0 saturated heterocycles. The minimum atomic E-state index is -2.08. The zero-order valence-electron chi connectivity index (χ0n) is 6.40. The third kappa shape index (κ3) is 2.75. The summed E-state index contributed by atoms with van der Waals surface area (Å²) in [5.41, 5.74) is 7.07. The molecule has 1 aromatic rings. The molecule has 0 aliphatic rings. The van der Waals surface area contributed by atoms with Gasteiger partial charge in [0.2, 0.25) is 10.3 Å². The highest BCUT2D eigenvalue weighted by atomic mass is 32.2. The van der Waals surface area contributed by atoms with E-state index in [2.05, 4.69) is 0 Å². The van der Waals surface area contributed by atoms with Gasteiger partial charge < -0.3 is 5.73 Å². The van der Waals surface area contributed by atoms with Crippen LogP contribution in [0.15, 0.2) is 24.3 Å². The maximum absolute atomic E-state index is 10.2. The topological polar surface area (TPSA) is 60.2 Å². The van der Waals surface area contributed by atoms with Crippen LogP contribution in [0.25, 0.3) is 0 Å². The first kappa shape index (κ1) is 8.80. The zero-order chi connectivity index (χ0) is 8.97. The lowest BCUT2D eigenvalue weighted by Gasteiger charge is -1.94. The summed E-state index contributed by atoms with van der Waals surface area (Å²) in [6.45, 7) is 0. The Morgan fingerprint density at radius 1 is 1.25 bits per heavy atom. The van der Waals surface area contributed by atoms with Gasteiger partial charge in [-0.1, -0.05) is 12.1 Å². The molecule has 0 bridgehead atoms. The van der Waals surface area contributed by atoms with Crippen LogP contribution in [-0.4, -0.2) is 13.8 Å². The van der Waals surface area contributed by atoms with Gasteiger partial charge >= 0.3 is 0 Å². The summed E-state index contributed by atoms with van der Waals surface area (Å²) in [5.74, 6) is 0. The first-order valence-corrected chi connectivity index (χ1v) is 4.58. The monoisotopic (exact) mass is 183 g/mol. The van der Waals surface area contributed by atoms with Gasteiger partial charge in [-0.2, -0.15) is 8.42 Å². The van der Waals surface area contributed by atoms with Crippen molar-refractivity contribution < 1.29 is 8.42 Å². The second kappa shape index (κ2) is 3.92. The number of benzene rings is 1. The molecule has 0 unspecified atom stereocenters. The molecule has 64 valence electrons. The lowest BCUT2D eigenvalue weighted by molar-refractivity contribution is 0.627. The van der Waals surface area contributed by atoms with Crippen molar-refractivity contribution in [2.24, 2.45) is 0 Å². The molecule has 4 heteroatoms. The van der Waals surface area contributed by atoms with Crippen molar-refractivity contribution in [2.45, 2.75) is 6.42 Å². The molecule has 0 aromatic heterocycles. The molecular formula is C8H9NO2S. The van der Waals surface area contributed by atoms with Crippen LogP contribution in [0.1, 0.15) is 5.56 Å². The minimum absolute atomic E-state index is 0.427. The van der Waals surface area contributed by atoms with E-state index in [1.54, 1.807) is 24.3 Å². The third-order valence-corrected chi connectivity index (χ3v) is 1.87. The molecule has 0 saturated carbocycles. The number of hydrogen-bond donors (Lipinski definition) is 1. The van der Waals surface area contributed by atoms with E-state index in [0.717, 1.165) is 5.56 Å². The van der Waals surface area contributed by atoms with E-state index in [-0.39, 0.29) is 0 Å². The van der Waals surface area contributed by atoms with Crippen LogP contribution in [0.2, 0.25) is 0 Å². The Morgan fingerprint density at radius 2 is 1.83 bits per heavy atom. The molecule has 3 nitrogen and oxygen atoms in total. The Kier molecular flexibility index (Phi) is 2.88. The summed E-state index contributed by atoms with van der Waals surface area (Å²) in [7, 11) is -2.08. The Balaban J connectivity index is 2.78. The summed E-state index contributed by atoms with van der Waals surface area (Å²) in [5, 5.41) is 1.21. The maximum Gasteiger partial charge on any atom is 0.210 e. The Hall–Kier alpha value is -1.29. The molecule has 0 radical (unpaired) electrons. The molecule has 0 amide bonds. The molecule has 2 N–H and O–H groups in total. The fourth-order valence-electron chi connectivity index (χ4n) is 0.818. The molecule has 0 spiro atoms. The van der Waals surface area contributed by atoms with Crippen molar-refractivity contribution in [2.75, 3.05) is 5.73 Å². The fraction of sp³-hybridized carbons (Fsp3) is 0.125. The third-order valence-electron chi connectivity index (χ3n) is 1.43. The minimum Gasteiger partial charge on any atom is -0.399 e. The summed E-state index contributed by atoms with van der Waals surface area (Å²) < 4.78 is 20.3. The van der Waals surface area contributed by atoms with Crippen molar-refractivity contribution in [3.63, 3.8) is 0 Å². The Labute approximate surface area is 72.4 Å². The summed E-state index contributed by atoms with van der Waals surface area (Å²) >= 11 is 0. The van der Waals surface area contributed by atoms with Gasteiger partial charge in [0, 0.05) is 17.5 Å². The van der Waals surface area contributed by atoms with Crippen molar-refractivity contribution in [1.82, 2.24) is 0 Å². The van der Waals surface area contributed by atoms with Gasteiger partial charge in [0.15, 0.2) is 0 Å². The van der Waals surface area contributed by atoms with E-state index < -0.39 is 10.3 Å².